The van der Waals surface area contributed by atoms with Gasteiger partial charge in [0.2, 0.25) is 0 Å². The topological polar surface area (TPSA) is 20.3 Å². The standard InChI is InChI=1S/C14H20BrNOS/c1-10-5-6-12(9-13(10)15)14(17)16(3)11(2)7-8-18-4/h5-6,9,11H,7-8H2,1-4H3. The maximum Gasteiger partial charge on any atom is 0.253 e. The minimum Gasteiger partial charge on any atom is -0.339 e. The van der Waals surface area contributed by atoms with Crippen molar-refractivity contribution in [1.82, 2.24) is 4.90 Å². The van der Waals surface area contributed by atoms with Gasteiger partial charge in [-0.1, -0.05) is 22.0 Å². The third-order valence-corrected chi connectivity index (χ3v) is 4.64. The minimum atomic E-state index is 0.0873. The largest absolute Gasteiger partial charge is 0.339 e. The average molecular weight is 330 g/mol. The summed E-state index contributed by atoms with van der Waals surface area (Å²) in [5.41, 5.74) is 1.88. The third-order valence-electron chi connectivity index (χ3n) is 3.14. The molecule has 1 unspecified atom stereocenters. The highest BCUT2D eigenvalue weighted by Gasteiger charge is 2.17. The van der Waals surface area contributed by atoms with E-state index in [-0.39, 0.29) is 11.9 Å². The number of benzene rings is 1. The fourth-order valence-electron chi connectivity index (χ4n) is 1.61. The van der Waals surface area contributed by atoms with E-state index in [1.807, 2.05) is 48.8 Å². The van der Waals surface area contributed by atoms with Gasteiger partial charge in [-0.3, -0.25) is 4.79 Å². The number of hydrogen-bond donors (Lipinski definition) is 0. The number of carbonyl (C=O) groups is 1. The highest BCUT2D eigenvalue weighted by atomic mass is 79.9. The molecule has 100 valence electrons. The second kappa shape index (κ2) is 7.19. The van der Waals surface area contributed by atoms with E-state index in [2.05, 4.69) is 29.1 Å². The summed E-state index contributed by atoms with van der Waals surface area (Å²) in [5, 5.41) is 0. The van der Waals surface area contributed by atoms with Crippen LogP contribution in [0.2, 0.25) is 0 Å². The van der Waals surface area contributed by atoms with Gasteiger partial charge in [0.25, 0.3) is 5.91 Å². The lowest BCUT2D eigenvalue weighted by molar-refractivity contribution is 0.0741. The summed E-state index contributed by atoms with van der Waals surface area (Å²) in [6.07, 6.45) is 3.11. The fourth-order valence-corrected chi connectivity index (χ4v) is 2.57. The summed E-state index contributed by atoms with van der Waals surface area (Å²) >= 11 is 5.28. The highest BCUT2D eigenvalue weighted by Crippen LogP contribution is 2.19. The van der Waals surface area contributed by atoms with E-state index in [1.165, 1.54) is 0 Å². The lowest BCUT2D eigenvalue weighted by Crippen LogP contribution is -2.35. The van der Waals surface area contributed by atoms with E-state index in [1.54, 1.807) is 0 Å². The molecule has 1 aromatic carbocycles. The summed E-state index contributed by atoms with van der Waals surface area (Å²) in [6, 6.07) is 6.03. The fraction of sp³-hybridized carbons (Fsp3) is 0.500. The van der Waals surface area contributed by atoms with Crippen molar-refractivity contribution in [3.63, 3.8) is 0 Å². The van der Waals surface area contributed by atoms with Crippen LogP contribution in [0.25, 0.3) is 0 Å². The molecule has 1 aromatic rings. The molecule has 0 N–H and O–H groups in total. The molecule has 2 nitrogen and oxygen atoms in total. The zero-order valence-electron chi connectivity index (χ0n) is 11.4. The minimum absolute atomic E-state index is 0.0873. The Labute approximate surface area is 122 Å². The molecule has 0 aliphatic rings. The molecular weight excluding hydrogens is 310 g/mol. The Morgan fingerprint density at radius 2 is 2.17 bits per heavy atom. The second-order valence-corrected chi connectivity index (χ2v) is 6.35. The van der Waals surface area contributed by atoms with Crippen LogP contribution < -0.4 is 0 Å². The van der Waals surface area contributed by atoms with Crippen molar-refractivity contribution in [2.45, 2.75) is 26.3 Å². The monoisotopic (exact) mass is 329 g/mol. The molecule has 4 heteroatoms. The average Bonchev–Trinajstić information content (AvgIpc) is 2.37. The van der Waals surface area contributed by atoms with Gasteiger partial charge in [0, 0.05) is 23.1 Å². The van der Waals surface area contributed by atoms with Gasteiger partial charge >= 0.3 is 0 Å². The van der Waals surface area contributed by atoms with Crippen LogP contribution in [0.3, 0.4) is 0 Å². The van der Waals surface area contributed by atoms with Gasteiger partial charge in [-0.2, -0.15) is 11.8 Å². The Bertz CT molecular complexity index is 422. The van der Waals surface area contributed by atoms with Gasteiger partial charge in [-0.05, 0) is 50.0 Å². The van der Waals surface area contributed by atoms with Gasteiger partial charge in [0.1, 0.15) is 0 Å². The molecular formula is C14H20BrNOS. The van der Waals surface area contributed by atoms with Crippen LogP contribution >= 0.6 is 27.7 Å². The van der Waals surface area contributed by atoms with Crippen LogP contribution in [-0.2, 0) is 0 Å². The molecule has 0 aliphatic carbocycles. The molecule has 1 rings (SSSR count). The first-order valence-corrected chi connectivity index (χ1v) is 8.18. The van der Waals surface area contributed by atoms with Crippen LogP contribution in [-0.4, -0.2) is 35.9 Å². The first-order chi connectivity index (χ1) is 8.47. The van der Waals surface area contributed by atoms with E-state index >= 15 is 0 Å². The Hall–Kier alpha value is -0.480. The third kappa shape index (κ3) is 4.02. The predicted molar refractivity (Wildman–Crippen MR) is 83.4 cm³/mol. The zero-order valence-corrected chi connectivity index (χ0v) is 13.8. The van der Waals surface area contributed by atoms with E-state index < -0.39 is 0 Å². The van der Waals surface area contributed by atoms with E-state index in [9.17, 15) is 4.79 Å². The molecule has 0 heterocycles. The van der Waals surface area contributed by atoms with Crippen molar-refractivity contribution in [3.8, 4) is 0 Å². The molecule has 0 radical (unpaired) electrons. The number of rotatable bonds is 5. The molecule has 1 atom stereocenters. The molecule has 1 amide bonds. The lowest BCUT2D eigenvalue weighted by Gasteiger charge is -2.25. The summed E-state index contributed by atoms with van der Waals surface area (Å²) in [6.45, 7) is 4.11. The summed E-state index contributed by atoms with van der Waals surface area (Å²) < 4.78 is 0.985. The predicted octanol–water partition coefficient (Wildman–Crippen LogP) is 3.97. The first-order valence-electron chi connectivity index (χ1n) is 5.99. The van der Waals surface area contributed by atoms with Gasteiger partial charge in [-0.25, -0.2) is 0 Å². The number of aryl methyl sites for hydroxylation is 1. The van der Waals surface area contributed by atoms with Crippen molar-refractivity contribution in [2.75, 3.05) is 19.1 Å². The summed E-state index contributed by atoms with van der Waals surface area (Å²) in [4.78, 5) is 14.1. The van der Waals surface area contributed by atoms with E-state index in [0.29, 0.717) is 0 Å². The van der Waals surface area contributed by atoms with E-state index in [0.717, 1.165) is 27.8 Å². The quantitative estimate of drug-likeness (QED) is 0.814. The Balaban J connectivity index is 2.76. The summed E-state index contributed by atoms with van der Waals surface area (Å²) in [7, 11) is 1.88. The first kappa shape index (κ1) is 15.6. The van der Waals surface area contributed by atoms with Gasteiger partial charge < -0.3 is 4.90 Å². The molecule has 0 bridgehead atoms. The van der Waals surface area contributed by atoms with Gasteiger partial charge in [-0.15, -0.1) is 0 Å². The number of carbonyl (C=O) groups excluding carboxylic acids is 1. The van der Waals surface area contributed by atoms with Crippen molar-refractivity contribution in [2.24, 2.45) is 0 Å². The molecule has 0 aliphatic heterocycles. The summed E-state index contributed by atoms with van der Waals surface area (Å²) in [5.74, 6) is 1.17. The Morgan fingerprint density at radius 3 is 2.72 bits per heavy atom. The molecule has 18 heavy (non-hydrogen) atoms. The number of nitrogens with zero attached hydrogens (tertiary/aromatic N) is 1. The van der Waals surface area contributed by atoms with Crippen LogP contribution in [0.4, 0.5) is 0 Å². The van der Waals surface area contributed by atoms with Crippen molar-refractivity contribution in [3.05, 3.63) is 33.8 Å². The maximum absolute atomic E-state index is 12.3. The van der Waals surface area contributed by atoms with Crippen LogP contribution in [0.5, 0.6) is 0 Å². The van der Waals surface area contributed by atoms with Crippen LogP contribution in [0.15, 0.2) is 22.7 Å². The number of halogens is 1. The Morgan fingerprint density at radius 1 is 1.50 bits per heavy atom. The second-order valence-electron chi connectivity index (χ2n) is 4.51. The van der Waals surface area contributed by atoms with Gasteiger partial charge in [0.15, 0.2) is 0 Å². The van der Waals surface area contributed by atoms with Gasteiger partial charge in [0.05, 0.1) is 0 Å². The van der Waals surface area contributed by atoms with Crippen molar-refractivity contribution >= 4 is 33.6 Å². The highest BCUT2D eigenvalue weighted by molar-refractivity contribution is 9.10. The van der Waals surface area contributed by atoms with Crippen molar-refractivity contribution < 1.29 is 4.79 Å². The molecule has 0 spiro atoms. The van der Waals surface area contributed by atoms with Crippen LogP contribution in [0.1, 0.15) is 29.3 Å². The number of amides is 1. The normalized spacial score (nSPS) is 12.3. The lowest BCUT2D eigenvalue weighted by atomic mass is 10.1. The number of hydrogen-bond acceptors (Lipinski definition) is 2. The van der Waals surface area contributed by atoms with Crippen LogP contribution in [0, 0.1) is 6.92 Å². The number of thioether (sulfide) groups is 1. The van der Waals surface area contributed by atoms with Crippen molar-refractivity contribution in [1.29, 1.82) is 0 Å². The van der Waals surface area contributed by atoms with E-state index in [4.69, 9.17) is 0 Å². The molecule has 0 fully saturated rings. The molecule has 0 saturated heterocycles. The maximum atomic E-state index is 12.3. The molecule has 0 saturated carbocycles. The smallest absolute Gasteiger partial charge is 0.253 e. The Kier molecular flexibility index (Phi) is 6.22. The SMILES string of the molecule is CSCCC(C)N(C)C(=O)c1ccc(C)c(Br)c1. The molecule has 0 aromatic heterocycles. The zero-order chi connectivity index (χ0) is 13.7.